The Hall–Kier alpha value is -1.64. The summed E-state index contributed by atoms with van der Waals surface area (Å²) in [5.41, 5.74) is 4.88. The Morgan fingerprint density at radius 3 is 2.83 bits per heavy atom. The van der Waals surface area contributed by atoms with Crippen molar-refractivity contribution in [2.75, 3.05) is 6.54 Å². The number of carbonyl (C=O) groups excluding carboxylic acids is 1. The minimum absolute atomic E-state index is 0.269. The van der Waals surface area contributed by atoms with Crippen LogP contribution in [0.25, 0.3) is 5.57 Å². The summed E-state index contributed by atoms with van der Waals surface area (Å²) in [5, 5.41) is 3.20. The Bertz CT molecular complexity index is 845. The van der Waals surface area contributed by atoms with Gasteiger partial charge < -0.3 is 5.32 Å². The SMILES string of the molecule is CCc1cncc(C2=CCC3C4CCC5CNC(=O)CCC5(C)C4CCC23C)c1. The summed E-state index contributed by atoms with van der Waals surface area (Å²) < 4.78 is 0. The first-order chi connectivity index (χ1) is 14.0. The lowest BCUT2D eigenvalue weighted by Gasteiger charge is -2.58. The molecule has 0 bridgehead atoms. The van der Waals surface area contributed by atoms with Crippen molar-refractivity contribution in [2.24, 2.45) is 34.5 Å². The van der Waals surface area contributed by atoms with E-state index in [1.807, 2.05) is 6.20 Å². The molecule has 0 spiro atoms. The fraction of sp³-hybridized carbons (Fsp3) is 0.692. The summed E-state index contributed by atoms with van der Waals surface area (Å²) in [6.07, 6.45) is 15.9. The van der Waals surface area contributed by atoms with Crippen LogP contribution in [0.15, 0.2) is 24.5 Å². The molecule has 6 atom stereocenters. The van der Waals surface area contributed by atoms with Crippen LogP contribution in [0.5, 0.6) is 0 Å². The van der Waals surface area contributed by atoms with Gasteiger partial charge in [-0.3, -0.25) is 9.78 Å². The fourth-order valence-corrected chi connectivity index (χ4v) is 7.81. The lowest BCUT2D eigenvalue weighted by molar-refractivity contribution is -0.121. The zero-order valence-electron chi connectivity index (χ0n) is 18.3. The summed E-state index contributed by atoms with van der Waals surface area (Å²) in [6.45, 7) is 8.18. The Morgan fingerprint density at radius 1 is 1.14 bits per heavy atom. The molecule has 0 radical (unpaired) electrons. The van der Waals surface area contributed by atoms with Crippen molar-refractivity contribution in [1.82, 2.24) is 10.3 Å². The van der Waals surface area contributed by atoms with E-state index >= 15 is 0 Å². The van der Waals surface area contributed by atoms with Gasteiger partial charge in [0.05, 0.1) is 0 Å². The normalized spacial score (nSPS) is 41.5. The summed E-state index contributed by atoms with van der Waals surface area (Å²) in [5.74, 6) is 3.27. The Balaban J connectivity index is 1.44. The summed E-state index contributed by atoms with van der Waals surface area (Å²) >= 11 is 0. The molecular weight excluding hydrogens is 356 g/mol. The third kappa shape index (κ3) is 2.91. The second-order valence-corrected chi connectivity index (χ2v) is 10.7. The molecule has 2 saturated carbocycles. The molecule has 3 aliphatic carbocycles. The van der Waals surface area contributed by atoms with Gasteiger partial charge in [-0.15, -0.1) is 0 Å². The average molecular weight is 393 g/mol. The molecule has 5 rings (SSSR count). The molecule has 156 valence electrons. The van der Waals surface area contributed by atoms with E-state index in [4.69, 9.17) is 0 Å². The zero-order valence-corrected chi connectivity index (χ0v) is 18.3. The molecule has 29 heavy (non-hydrogen) atoms. The third-order valence-electron chi connectivity index (χ3n) is 9.60. The molecular formula is C26H36N2O. The number of fused-ring (bicyclic) bond motifs is 5. The van der Waals surface area contributed by atoms with Gasteiger partial charge in [0.2, 0.25) is 5.91 Å². The van der Waals surface area contributed by atoms with Crippen LogP contribution in [0.2, 0.25) is 0 Å². The highest BCUT2D eigenvalue weighted by atomic mass is 16.1. The van der Waals surface area contributed by atoms with Gasteiger partial charge in [-0.1, -0.05) is 26.8 Å². The number of hydrogen-bond donors (Lipinski definition) is 1. The molecule has 2 heterocycles. The number of pyridine rings is 1. The molecule has 1 saturated heterocycles. The van der Waals surface area contributed by atoms with Crippen LogP contribution in [0.1, 0.15) is 76.8 Å². The van der Waals surface area contributed by atoms with E-state index in [0.29, 0.717) is 11.3 Å². The minimum Gasteiger partial charge on any atom is -0.356 e. The van der Waals surface area contributed by atoms with Crippen LogP contribution in [-0.2, 0) is 11.2 Å². The smallest absolute Gasteiger partial charge is 0.220 e. The lowest BCUT2D eigenvalue weighted by Crippen LogP contribution is -2.52. The maximum Gasteiger partial charge on any atom is 0.220 e. The lowest BCUT2D eigenvalue weighted by atomic mass is 9.46. The Morgan fingerprint density at radius 2 is 2.00 bits per heavy atom. The molecule has 1 aromatic rings. The van der Waals surface area contributed by atoms with Crippen LogP contribution in [-0.4, -0.2) is 17.4 Å². The molecule has 4 aliphatic rings. The molecule has 6 unspecified atom stereocenters. The number of allylic oxidation sites excluding steroid dienone is 2. The standard InChI is InChI=1S/C26H36N2O/c1-4-17-13-18(15-27-14-17)21-7-8-22-20-6-5-19-16-28-24(29)10-12-25(19,2)23(20)9-11-26(21,22)3/h7,13-15,19-20,22-23H,4-6,8-12,16H2,1-3H3,(H,28,29). The highest BCUT2D eigenvalue weighted by Gasteiger charge is 2.58. The highest BCUT2D eigenvalue weighted by Crippen LogP contribution is 2.66. The summed E-state index contributed by atoms with van der Waals surface area (Å²) in [4.78, 5) is 16.6. The van der Waals surface area contributed by atoms with Gasteiger partial charge in [-0.25, -0.2) is 0 Å². The van der Waals surface area contributed by atoms with Crippen molar-refractivity contribution in [3.05, 3.63) is 35.7 Å². The first-order valence-electron chi connectivity index (χ1n) is 11.9. The Kier molecular flexibility index (Phi) is 4.64. The number of nitrogens with one attached hydrogen (secondary N) is 1. The van der Waals surface area contributed by atoms with E-state index in [-0.39, 0.29) is 11.3 Å². The fourth-order valence-electron chi connectivity index (χ4n) is 7.81. The van der Waals surface area contributed by atoms with Crippen molar-refractivity contribution in [1.29, 1.82) is 0 Å². The van der Waals surface area contributed by atoms with Crippen LogP contribution < -0.4 is 5.32 Å². The van der Waals surface area contributed by atoms with E-state index in [0.717, 1.165) is 43.6 Å². The van der Waals surface area contributed by atoms with Crippen LogP contribution >= 0.6 is 0 Å². The van der Waals surface area contributed by atoms with Crippen LogP contribution in [0.4, 0.5) is 0 Å². The second kappa shape index (κ2) is 6.96. The quantitative estimate of drug-likeness (QED) is 0.731. The molecule has 1 N–H and O–H groups in total. The average Bonchev–Trinajstić information content (AvgIpc) is 3.01. The van der Waals surface area contributed by atoms with Gasteiger partial charge in [0, 0.05) is 25.4 Å². The monoisotopic (exact) mass is 392 g/mol. The van der Waals surface area contributed by atoms with Gasteiger partial charge in [0.1, 0.15) is 0 Å². The topological polar surface area (TPSA) is 42.0 Å². The van der Waals surface area contributed by atoms with Crippen LogP contribution in [0.3, 0.4) is 0 Å². The van der Waals surface area contributed by atoms with Crippen molar-refractivity contribution in [2.45, 2.75) is 72.1 Å². The van der Waals surface area contributed by atoms with Gasteiger partial charge in [0.15, 0.2) is 0 Å². The molecule has 1 aliphatic heterocycles. The molecule has 0 aromatic carbocycles. The molecule has 3 heteroatoms. The number of aromatic nitrogens is 1. The first-order valence-corrected chi connectivity index (χ1v) is 11.9. The number of rotatable bonds is 2. The van der Waals surface area contributed by atoms with Gasteiger partial charge in [0.25, 0.3) is 0 Å². The number of carbonyl (C=O) groups is 1. The molecule has 1 amide bonds. The predicted molar refractivity (Wildman–Crippen MR) is 117 cm³/mol. The van der Waals surface area contributed by atoms with E-state index in [2.05, 4.69) is 49.4 Å². The summed E-state index contributed by atoms with van der Waals surface area (Å²) in [7, 11) is 0. The Labute approximate surface area is 175 Å². The van der Waals surface area contributed by atoms with Crippen molar-refractivity contribution in [3.8, 4) is 0 Å². The first kappa shape index (κ1) is 19.3. The van der Waals surface area contributed by atoms with E-state index < -0.39 is 0 Å². The van der Waals surface area contributed by atoms with Gasteiger partial charge in [-0.05, 0) is 102 Å². The second-order valence-electron chi connectivity index (χ2n) is 10.7. The van der Waals surface area contributed by atoms with E-state index in [1.54, 1.807) is 5.57 Å². The van der Waals surface area contributed by atoms with Crippen LogP contribution in [0, 0.1) is 34.5 Å². The van der Waals surface area contributed by atoms with Crippen molar-refractivity contribution in [3.63, 3.8) is 0 Å². The predicted octanol–water partition coefficient (Wildman–Crippen LogP) is 5.41. The highest BCUT2D eigenvalue weighted by molar-refractivity contribution is 5.76. The number of amides is 1. The largest absolute Gasteiger partial charge is 0.356 e. The molecule has 3 nitrogen and oxygen atoms in total. The number of nitrogens with zero attached hydrogens (tertiary/aromatic N) is 1. The molecule has 1 aromatic heterocycles. The zero-order chi connectivity index (χ0) is 20.2. The van der Waals surface area contributed by atoms with Crippen molar-refractivity contribution < 1.29 is 4.79 Å². The summed E-state index contributed by atoms with van der Waals surface area (Å²) in [6, 6.07) is 2.37. The third-order valence-corrected chi connectivity index (χ3v) is 9.60. The van der Waals surface area contributed by atoms with Crippen molar-refractivity contribution >= 4 is 11.5 Å². The van der Waals surface area contributed by atoms with Gasteiger partial charge in [-0.2, -0.15) is 0 Å². The number of aryl methyl sites for hydroxylation is 1. The van der Waals surface area contributed by atoms with E-state index in [1.165, 1.54) is 43.2 Å². The maximum absolute atomic E-state index is 12.1. The van der Waals surface area contributed by atoms with E-state index in [9.17, 15) is 4.79 Å². The molecule has 3 fully saturated rings. The minimum atomic E-state index is 0.269. The van der Waals surface area contributed by atoms with Gasteiger partial charge >= 0.3 is 0 Å². The maximum atomic E-state index is 12.1. The number of hydrogen-bond acceptors (Lipinski definition) is 2.